The lowest BCUT2D eigenvalue weighted by Crippen LogP contribution is -2.45. The molecule has 0 spiro atoms. The van der Waals surface area contributed by atoms with Gasteiger partial charge in [0.25, 0.3) is 0 Å². The lowest BCUT2D eigenvalue weighted by Gasteiger charge is -2.31. The van der Waals surface area contributed by atoms with E-state index in [1.165, 1.54) is 18.2 Å². The topological polar surface area (TPSA) is 12.0 Å². The highest BCUT2D eigenvalue weighted by atomic mass is 35.5. The zero-order valence-electron chi connectivity index (χ0n) is 10.2. The molecule has 1 aromatic carbocycles. The van der Waals surface area contributed by atoms with E-state index in [1.54, 1.807) is 0 Å². The number of halogens is 3. The van der Waals surface area contributed by atoms with E-state index in [0.29, 0.717) is 5.88 Å². The SMILES string of the molecule is CCC(CC)(CCl)NCc1c(F)cccc1F. The molecule has 1 N–H and O–H groups in total. The minimum Gasteiger partial charge on any atom is -0.306 e. The van der Waals surface area contributed by atoms with Gasteiger partial charge in [-0.05, 0) is 25.0 Å². The lowest BCUT2D eigenvalue weighted by molar-refractivity contribution is 0.329. The van der Waals surface area contributed by atoms with E-state index in [-0.39, 0.29) is 17.6 Å². The van der Waals surface area contributed by atoms with Gasteiger partial charge in [0.1, 0.15) is 11.6 Å². The van der Waals surface area contributed by atoms with Gasteiger partial charge in [-0.25, -0.2) is 8.78 Å². The third kappa shape index (κ3) is 3.39. The number of nitrogens with one attached hydrogen (secondary N) is 1. The first kappa shape index (κ1) is 14.4. The van der Waals surface area contributed by atoms with E-state index in [4.69, 9.17) is 11.6 Å². The van der Waals surface area contributed by atoms with Crippen LogP contribution in [0, 0.1) is 11.6 Å². The molecule has 0 aliphatic heterocycles. The molecule has 96 valence electrons. The van der Waals surface area contributed by atoms with E-state index >= 15 is 0 Å². The van der Waals surface area contributed by atoms with Crippen molar-refractivity contribution >= 4 is 11.6 Å². The molecule has 0 amide bonds. The van der Waals surface area contributed by atoms with Crippen molar-refractivity contribution in [1.82, 2.24) is 5.32 Å². The van der Waals surface area contributed by atoms with Gasteiger partial charge < -0.3 is 5.32 Å². The Morgan fingerprint density at radius 3 is 2.12 bits per heavy atom. The third-order valence-corrected chi connectivity index (χ3v) is 3.82. The van der Waals surface area contributed by atoms with Crippen molar-refractivity contribution in [2.45, 2.75) is 38.8 Å². The summed E-state index contributed by atoms with van der Waals surface area (Å²) in [4.78, 5) is 0. The molecule has 17 heavy (non-hydrogen) atoms. The van der Waals surface area contributed by atoms with Crippen LogP contribution in [-0.4, -0.2) is 11.4 Å². The van der Waals surface area contributed by atoms with Crippen LogP contribution in [0.2, 0.25) is 0 Å². The van der Waals surface area contributed by atoms with Gasteiger partial charge in [-0.1, -0.05) is 19.9 Å². The maximum Gasteiger partial charge on any atom is 0.130 e. The summed E-state index contributed by atoms with van der Waals surface area (Å²) in [7, 11) is 0. The Kier molecular flexibility index (Phi) is 5.34. The molecule has 0 bridgehead atoms. The van der Waals surface area contributed by atoms with Crippen molar-refractivity contribution in [2.75, 3.05) is 5.88 Å². The molecule has 1 rings (SSSR count). The summed E-state index contributed by atoms with van der Waals surface area (Å²) in [6, 6.07) is 3.89. The van der Waals surface area contributed by atoms with Crippen LogP contribution >= 0.6 is 11.6 Å². The van der Waals surface area contributed by atoms with Gasteiger partial charge in [0.05, 0.1) is 0 Å². The number of benzene rings is 1. The molecule has 0 saturated heterocycles. The summed E-state index contributed by atoms with van der Waals surface area (Å²) in [5.41, 5.74) is -0.181. The zero-order valence-corrected chi connectivity index (χ0v) is 11.0. The lowest BCUT2D eigenvalue weighted by atomic mass is 9.95. The number of rotatable bonds is 6. The van der Waals surface area contributed by atoms with E-state index in [2.05, 4.69) is 5.32 Å². The maximum absolute atomic E-state index is 13.4. The van der Waals surface area contributed by atoms with Crippen LogP contribution < -0.4 is 5.32 Å². The number of hydrogen-bond acceptors (Lipinski definition) is 1. The fraction of sp³-hybridized carbons (Fsp3) is 0.538. The van der Waals surface area contributed by atoms with Gasteiger partial charge >= 0.3 is 0 Å². The minimum atomic E-state index is -0.520. The monoisotopic (exact) mass is 261 g/mol. The Hall–Kier alpha value is -0.670. The Morgan fingerprint density at radius 1 is 1.18 bits per heavy atom. The predicted molar refractivity (Wildman–Crippen MR) is 67.2 cm³/mol. The fourth-order valence-corrected chi connectivity index (χ4v) is 2.19. The molecular weight excluding hydrogens is 244 g/mol. The summed E-state index contributed by atoms with van der Waals surface area (Å²) in [5, 5.41) is 3.17. The van der Waals surface area contributed by atoms with Crippen molar-refractivity contribution in [2.24, 2.45) is 0 Å². The molecule has 0 aliphatic rings. The second-order valence-electron chi connectivity index (χ2n) is 4.17. The fourth-order valence-electron chi connectivity index (χ4n) is 1.71. The summed E-state index contributed by atoms with van der Waals surface area (Å²) < 4.78 is 26.8. The maximum atomic E-state index is 13.4. The Balaban J connectivity index is 2.79. The minimum absolute atomic E-state index is 0.0730. The van der Waals surface area contributed by atoms with Crippen LogP contribution in [0.5, 0.6) is 0 Å². The van der Waals surface area contributed by atoms with Gasteiger partial charge in [-0.2, -0.15) is 0 Å². The molecule has 0 fully saturated rings. The standard InChI is InChI=1S/C13H18ClF2N/c1-3-13(4-2,9-14)17-8-10-11(15)6-5-7-12(10)16/h5-7,17H,3-4,8-9H2,1-2H3. The van der Waals surface area contributed by atoms with Crippen molar-refractivity contribution in [3.05, 3.63) is 35.4 Å². The molecule has 0 saturated carbocycles. The van der Waals surface area contributed by atoms with E-state index < -0.39 is 11.6 Å². The second kappa shape index (κ2) is 6.31. The Bertz CT molecular complexity index is 336. The first-order valence-electron chi connectivity index (χ1n) is 5.82. The number of hydrogen-bond donors (Lipinski definition) is 1. The molecule has 0 radical (unpaired) electrons. The highest BCUT2D eigenvalue weighted by Gasteiger charge is 2.24. The normalized spacial score (nSPS) is 11.8. The van der Waals surface area contributed by atoms with Gasteiger partial charge in [0.15, 0.2) is 0 Å². The second-order valence-corrected chi connectivity index (χ2v) is 4.44. The molecule has 0 heterocycles. The van der Waals surface area contributed by atoms with E-state index in [0.717, 1.165) is 12.8 Å². The Labute approximate surface area is 106 Å². The van der Waals surface area contributed by atoms with Crippen molar-refractivity contribution in [1.29, 1.82) is 0 Å². The molecule has 0 aliphatic carbocycles. The third-order valence-electron chi connectivity index (χ3n) is 3.31. The van der Waals surface area contributed by atoms with Crippen molar-refractivity contribution < 1.29 is 8.78 Å². The van der Waals surface area contributed by atoms with Crippen LogP contribution in [0.15, 0.2) is 18.2 Å². The average Bonchev–Trinajstić information content (AvgIpc) is 2.34. The first-order chi connectivity index (χ1) is 8.08. The van der Waals surface area contributed by atoms with Crippen molar-refractivity contribution in [3.63, 3.8) is 0 Å². The van der Waals surface area contributed by atoms with Gasteiger partial charge in [0, 0.05) is 23.5 Å². The van der Waals surface area contributed by atoms with E-state index in [9.17, 15) is 8.78 Å². The number of alkyl halides is 1. The largest absolute Gasteiger partial charge is 0.306 e. The summed E-state index contributed by atoms with van der Waals surface area (Å²) in [5.74, 6) is -0.614. The predicted octanol–water partition coefficient (Wildman–Crippen LogP) is 3.85. The molecule has 4 heteroatoms. The average molecular weight is 262 g/mol. The summed E-state index contributed by atoms with van der Waals surface area (Å²) in [6.07, 6.45) is 1.64. The van der Waals surface area contributed by atoms with Gasteiger partial charge in [-0.15, -0.1) is 11.6 Å². The van der Waals surface area contributed by atoms with Gasteiger partial charge in [0.2, 0.25) is 0 Å². The molecule has 0 unspecified atom stereocenters. The van der Waals surface area contributed by atoms with Crippen LogP contribution in [-0.2, 0) is 6.54 Å². The molecule has 1 nitrogen and oxygen atoms in total. The zero-order chi connectivity index (χ0) is 12.9. The highest BCUT2D eigenvalue weighted by Crippen LogP contribution is 2.19. The Morgan fingerprint density at radius 2 is 1.71 bits per heavy atom. The highest BCUT2D eigenvalue weighted by molar-refractivity contribution is 6.18. The molecular formula is C13H18ClF2N. The molecule has 0 atom stereocenters. The van der Waals surface area contributed by atoms with Crippen LogP contribution in [0.1, 0.15) is 32.3 Å². The quantitative estimate of drug-likeness (QED) is 0.767. The van der Waals surface area contributed by atoms with Crippen LogP contribution in [0.3, 0.4) is 0 Å². The van der Waals surface area contributed by atoms with Crippen LogP contribution in [0.4, 0.5) is 8.78 Å². The van der Waals surface area contributed by atoms with Crippen LogP contribution in [0.25, 0.3) is 0 Å². The van der Waals surface area contributed by atoms with E-state index in [1.807, 2.05) is 13.8 Å². The summed E-state index contributed by atoms with van der Waals surface area (Å²) >= 11 is 5.92. The van der Waals surface area contributed by atoms with Gasteiger partial charge in [-0.3, -0.25) is 0 Å². The smallest absolute Gasteiger partial charge is 0.130 e. The molecule has 1 aromatic rings. The van der Waals surface area contributed by atoms with Crippen molar-refractivity contribution in [3.8, 4) is 0 Å². The first-order valence-corrected chi connectivity index (χ1v) is 6.36. The molecule has 0 aromatic heterocycles. The summed E-state index contributed by atoms with van der Waals surface area (Å²) in [6.45, 7) is 4.18.